The van der Waals surface area contributed by atoms with Crippen LogP contribution in [0.4, 0.5) is 0 Å². The van der Waals surface area contributed by atoms with Crippen molar-refractivity contribution in [2.24, 2.45) is 0 Å². The maximum absolute atomic E-state index is 8.90. The van der Waals surface area contributed by atoms with Crippen LogP contribution in [0.1, 0.15) is 5.56 Å². The first kappa shape index (κ1) is 12.0. The molecule has 1 aromatic rings. The highest BCUT2D eigenvalue weighted by molar-refractivity contribution is 5.01. The highest BCUT2D eigenvalue weighted by Crippen LogP contribution is 2.00. The molecule has 1 rings (SSSR count). The average Bonchev–Trinajstić information content (AvgIpc) is 2.28. The molecule has 5 nitrogen and oxygen atoms in total. The summed E-state index contributed by atoms with van der Waals surface area (Å²) in [6, 6.07) is 0. The minimum absolute atomic E-state index is 0.150. The van der Waals surface area contributed by atoms with Crippen molar-refractivity contribution >= 4 is 0 Å². The summed E-state index contributed by atoms with van der Waals surface area (Å²) in [4.78, 5) is 9.99. The second kappa shape index (κ2) is 7.28. The summed E-state index contributed by atoms with van der Waals surface area (Å²) in [5.41, 5.74) is 1.04. The highest BCUT2D eigenvalue weighted by atomic mass is 16.5. The average molecular weight is 211 g/mol. The number of aliphatic hydroxyl groups excluding tert-OH is 1. The van der Waals surface area contributed by atoms with Gasteiger partial charge in [0.25, 0.3) is 0 Å². The van der Waals surface area contributed by atoms with Crippen molar-refractivity contribution in [3.8, 4) is 0 Å². The normalized spacial score (nSPS) is 10.9. The van der Waals surface area contributed by atoms with Gasteiger partial charge in [-0.3, -0.25) is 4.90 Å². The number of rotatable bonds is 7. The fraction of sp³-hybridized carbons (Fsp3) is 0.600. The van der Waals surface area contributed by atoms with E-state index in [4.69, 9.17) is 9.84 Å². The van der Waals surface area contributed by atoms with Gasteiger partial charge in [0, 0.05) is 44.7 Å². The molecule has 15 heavy (non-hydrogen) atoms. The van der Waals surface area contributed by atoms with E-state index in [1.165, 1.54) is 6.33 Å². The number of hydrogen-bond donors (Lipinski definition) is 1. The summed E-state index contributed by atoms with van der Waals surface area (Å²) in [7, 11) is 1.67. The Kier molecular flexibility index (Phi) is 5.84. The van der Waals surface area contributed by atoms with Crippen molar-refractivity contribution in [3.05, 3.63) is 24.3 Å². The van der Waals surface area contributed by atoms with E-state index in [1.807, 2.05) is 0 Å². The van der Waals surface area contributed by atoms with E-state index in [-0.39, 0.29) is 6.61 Å². The minimum Gasteiger partial charge on any atom is -0.395 e. The van der Waals surface area contributed by atoms with E-state index < -0.39 is 0 Å². The lowest BCUT2D eigenvalue weighted by molar-refractivity contribution is 0.126. The van der Waals surface area contributed by atoms with Crippen LogP contribution in [0.2, 0.25) is 0 Å². The van der Waals surface area contributed by atoms with Gasteiger partial charge in [0.05, 0.1) is 13.2 Å². The summed E-state index contributed by atoms with van der Waals surface area (Å²) in [6.45, 7) is 2.99. The molecule has 0 unspecified atom stereocenters. The molecule has 0 spiro atoms. The van der Waals surface area contributed by atoms with Crippen LogP contribution in [0.25, 0.3) is 0 Å². The lowest BCUT2D eigenvalue weighted by atomic mass is 10.3. The van der Waals surface area contributed by atoms with Gasteiger partial charge in [0.1, 0.15) is 6.33 Å². The molecule has 0 bridgehead atoms. The second-order valence-electron chi connectivity index (χ2n) is 3.24. The predicted molar refractivity (Wildman–Crippen MR) is 56.3 cm³/mol. The topological polar surface area (TPSA) is 58.5 Å². The Balaban J connectivity index is 2.43. The Hall–Kier alpha value is -1.04. The van der Waals surface area contributed by atoms with Gasteiger partial charge in [-0.25, -0.2) is 9.97 Å². The molecule has 0 saturated carbocycles. The molecule has 0 aromatic carbocycles. The third-order valence-corrected chi connectivity index (χ3v) is 2.05. The monoisotopic (exact) mass is 211 g/mol. The van der Waals surface area contributed by atoms with Crippen molar-refractivity contribution in [1.29, 1.82) is 0 Å². The number of methoxy groups -OCH3 is 1. The van der Waals surface area contributed by atoms with Crippen LogP contribution >= 0.6 is 0 Å². The zero-order chi connectivity index (χ0) is 10.9. The van der Waals surface area contributed by atoms with E-state index in [2.05, 4.69) is 14.9 Å². The molecule has 0 aliphatic carbocycles. The molecule has 84 valence electrons. The molecule has 0 aliphatic rings. The minimum atomic E-state index is 0.150. The fourth-order valence-corrected chi connectivity index (χ4v) is 1.30. The lowest BCUT2D eigenvalue weighted by Crippen LogP contribution is -2.29. The van der Waals surface area contributed by atoms with Crippen molar-refractivity contribution in [3.63, 3.8) is 0 Å². The van der Waals surface area contributed by atoms with Crippen molar-refractivity contribution in [1.82, 2.24) is 14.9 Å². The van der Waals surface area contributed by atoms with Gasteiger partial charge in [-0.05, 0) is 0 Å². The second-order valence-corrected chi connectivity index (χ2v) is 3.24. The molecule has 0 amide bonds. The molecule has 1 heterocycles. The van der Waals surface area contributed by atoms with E-state index in [0.29, 0.717) is 13.2 Å². The van der Waals surface area contributed by atoms with E-state index in [0.717, 1.165) is 18.7 Å². The molecule has 5 heteroatoms. The Morgan fingerprint density at radius 3 is 2.67 bits per heavy atom. The molecule has 0 fully saturated rings. The standard InChI is InChI=1S/C10H17N3O2/c1-15-5-3-13(2-4-14)8-10-6-11-9-12-7-10/h6-7,9,14H,2-5,8H2,1H3. The highest BCUT2D eigenvalue weighted by Gasteiger charge is 2.05. The molecule has 0 saturated heterocycles. The first-order valence-corrected chi connectivity index (χ1v) is 4.93. The number of aliphatic hydroxyl groups is 1. The Bertz CT molecular complexity index is 256. The maximum Gasteiger partial charge on any atom is 0.115 e. The SMILES string of the molecule is COCCN(CCO)Cc1cncnc1. The Labute approximate surface area is 89.7 Å². The molecule has 1 aromatic heterocycles. The number of hydrogen-bond acceptors (Lipinski definition) is 5. The molecule has 0 atom stereocenters. The van der Waals surface area contributed by atoms with Gasteiger partial charge >= 0.3 is 0 Å². The quantitative estimate of drug-likeness (QED) is 0.683. The summed E-state index contributed by atoms with van der Waals surface area (Å²) in [6.07, 6.45) is 5.07. The van der Waals surface area contributed by atoms with E-state index in [9.17, 15) is 0 Å². The van der Waals surface area contributed by atoms with Gasteiger partial charge in [-0.2, -0.15) is 0 Å². The van der Waals surface area contributed by atoms with Crippen LogP contribution in [0.5, 0.6) is 0 Å². The fourth-order valence-electron chi connectivity index (χ4n) is 1.30. The summed E-state index contributed by atoms with van der Waals surface area (Å²) >= 11 is 0. The Morgan fingerprint density at radius 2 is 2.07 bits per heavy atom. The van der Waals surface area contributed by atoms with Crippen molar-refractivity contribution in [2.75, 3.05) is 33.4 Å². The van der Waals surface area contributed by atoms with Gasteiger partial charge in [0.2, 0.25) is 0 Å². The third-order valence-electron chi connectivity index (χ3n) is 2.05. The van der Waals surface area contributed by atoms with Gasteiger partial charge in [-0.15, -0.1) is 0 Å². The van der Waals surface area contributed by atoms with Crippen LogP contribution in [0, 0.1) is 0 Å². The van der Waals surface area contributed by atoms with E-state index >= 15 is 0 Å². The zero-order valence-corrected chi connectivity index (χ0v) is 8.96. The third kappa shape index (κ3) is 4.83. The molecular formula is C10H17N3O2. The zero-order valence-electron chi connectivity index (χ0n) is 8.96. The van der Waals surface area contributed by atoms with Crippen LogP contribution in [0.15, 0.2) is 18.7 Å². The molecule has 0 radical (unpaired) electrons. The number of aromatic nitrogens is 2. The Morgan fingerprint density at radius 1 is 1.33 bits per heavy atom. The van der Waals surface area contributed by atoms with Gasteiger partial charge in [0.15, 0.2) is 0 Å². The summed E-state index contributed by atoms with van der Waals surface area (Å²) in [5.74, 6) is 0. The van der Waals surface area contributed by atoms with Crippen molar-refractivity contribution < 1.29 is 9.84 Å². The van der Waals surface area contributed by atoms with Crippen LogP contribution in [-0.2, 0) is 11.3 Å². The van der Waals surface area contributed by atoms with Gasteiger partial charge < -0.3 is 9.84 Å². The van der Waals surface area contributed by atoms with Crippen LogP contribution < -0.4 is 0 Å². The predicted octanol–water partition coefficient (Wildman–Crippen LogP) is -0.0827. The maximum atomic E-state index is 8.90. The number of ether oxygens (including phenoxy) is 1. The largest absolute Gasteiger partial charge is 0.395 e. The first-order chi connectivity index (χ1) is 7.36. The first-order valence-electron chi connectivity index (χ1n) is 4.93. The molecular weight excluding hydrogens is 194 g/mol. The summed E-state index contributed by atoms with van der Waals surface area (Å²) in [5, 5.41) is 8.90. The van der Waals surface area contributed by atoms with Gasteiger partial charge in [-0.1, -0.05) is 0 Å². The smallest absolute Gasteiger partial charge is 0.115 e. The van der Waals surface area contributed by atoms with E-state index in [1.54, 1.807) is 19.5 Å². The summed E-state index contributed by atoms with van der Waals surface area (Å²) < 4.78 is 5.00. The van der Waals surface area contributed by atoms with Crippen LogP contribution in [0.3, 0.4) is 0 Å². The molecule has 0 aliphatic heterocycles. The van der Waals surface area contributed by atoms with Crippen LogP contribution in [-0.4, -0.2) is 53.4 Å². The lowest BCUT2D eigenvalue weighted by Gasteiger charge is -2.20. The number of nitrogens with zero attached hydrogens (tertiary/aromatic N) is 3. The van der Waals surface area contributed by atoms with Crippen molar-refractivity contribution in [2.45, 2.75) is 6.54 Å². The molecule has 1 N–H and O–H groups in total.